The molecule has 0 aliphatic heterocycles. The highest BCUT2D eigenvalue weighted by atomic mass is 16.5. The first-order valence-electron chi connectivity index (χ1n) is 26.7. The molecule has 0 radical (unpaired) electrons. The van der Waals surface area contributed by atoms with Crippen LogP contribution in [0.5, 0.6) is 0 Å². The SMILES string of the molecule is CNC(=O)CC[C@H](CC(=O)COCCOCCNC(=O)CC[C@H](CC(=O)CCCCCC(=O)C(=O)O)C(=O)O)C(=O)O.Cc1ccc(C(=O)NCCCC[C@H](NC(=O)COCCOCCCC(=O)CC[C@H](C)C(=O)O)C(N)=O)cc1. The number of carboxylic acid groups (broad SMARTS) is 4. The van der Waals surface area contributed by atoms with Crippen molar-refractivity contribution in [3.63, 3.8) is 0 Å². The topological polar surface area (TPSA) is 414 Å². The normalized spacial score (nSPS) is 12.2. The lowest BCUT2D eigenvalue weighted by atomic mass is 9.94. The first kappa shape index (κ1) is 73.0. The highest BCUT2D eigenvalue weighted by molar-refractivity contribution is 6.32. The van der Waals surface area contributed by atoms with Crippen molar-refractivity contribution in [1.29, 1.82) is 0 Å². The molecule has 0 aliphatic carbocycles. The van der Waals surface area contributed by atoms with Crippen LogP contribution in [0.2, 0.25) is 0 Å². The fourth-order valence-electron chi connectivity index (χ4n) is 7.11. The number of ether oxygens (including phenoxy) is 4. The van der Waals surface area contributed by atoms with Gasteiger partial charge in [0.15, 0.2) is 5.78 Å². The standard InChI is InChI=1S/C27H41N3O8.C27H42N2O13/c1-19-8-11-21(12-9-19)26(34)29-14-4-3-7-23(25(28)33)30-24(32)18-38-17-16-37-15-5-6-22(31)13-10-20(2)27(35)36;1-28-23(33)9-7-19(26(37)38)16-21(31)17-42-14-13-41-12-11-29-24(34)10-8-18(25(35)36)15-20(30)5-3-2-4-6-22(32)27(39)40/h8-9,11-12,20,23H,3-7,10,13-18H2,1-2H3,(H2,28,33)(H,29,34)(H,30,32)(H,35,36);18-19H,2-17H2,1H3,(H,28,33)(H,29,34)(H,35,36)(H,37,38)(H,39,40)/t20-,23-;18-,19-/m01/s1. The van der Waals surface area contributed by atoms with Crippen molar-refractivity contribution in [3.8, 4) is 0 Å². The lowest BCUT2D eigenvalue weighted by Crippen LogP contribution is -2.45. The molecule has 26 nitrogen and oxygen atoms in total. The molecular formula is C54H83N5O21. The summed E-state index contributed by atoms with van der Waals surface area (Å²) in [5, 5.41) is 46.2. The monoisotopic (exact) mass is 1140 g/mol. The fraction of sp³-hybridized carbons (Fsp3) is 0.648. The molecule has 0 fully saturated rings. The number of carbonyl (C=O) groups is 13. The third kappa shape index (κ3) is 39.3. The summed E-state index contributed by atoms with van der Waals surface area (Å²) in [6.45, 7) is 4.61. The van der Waals surface area contributed by atoms with Gasteiger partial charge in [-0.1, -0.05) is 31.0 Å². The number of hydrogen-bond acceptors (Lipinski definition) is 17. The molecule has 0 aliphatic rings. The Morgan fingerprint density at radius 3 is 1.66 bits per heavy atom. The first-order valence-corrected chi connectivity index (χ1v) is 26.7. The molecule has 4 atom stereocenters. The van der Waals surface area contributed by atoms with Gasteiger partial charge in [0.05, 0.1) is 50.8 Å². The number of unbranched alkanes of at least 4 members (excludes halogenated alkanes) is 3. The summed E-state index contributed by atoms with van der Waals surface area (Å²) in [5.41, 5.74) is 7.05. The summed E-state index contributed by atoms with van der Waals surface area (Å²) < 4.78 is 21.1. The molecule has 450 valence electrons. The van der Waals surface area contributed by atoms with E-state index in [4.69, 9.17) is 34.9 Å². The van der Waals surface area contributed by atoms with Crippen molar-refractivity contribution in [2.24, 2.45) is 23.5 Å². The maximum atomic E-state index is 12.1. The molecule has 0 saturated carbocycles. The molecule has 0 spiro atoms. The minimum Gasteiger partial charge on any atom is -0.481 e. The van der Waals surface area contributed by atoms with Gasteiger partial charge in [0.1, 0.15) is 30.8 Å². The van der Waals surface area contributed by atoms with Crippen LogP contribution in [0.15, 0.2) is 24.3 Å². The molecule has 0 saturated heterocycles. The molecule has 0 bridgehead atoms. The third-order valence-corrected chi connectivity index (χ3v) is 12.0. The van der Waals surface area contributed by atoms with E-state index in [0.29, 0.717) is 76.5 Å². The smallest absolute Gasteiger partial charge is 0.372 e. The van der Waals surface area contributed by atoms with Crippen LogP contribution in [0.25, 0.3) is 0 Å². The largest absolute Gasteiger partial charge is 0.481 e. The van der Waals surface area contributed by atoms with E-state index in [0.717, 1.165) is 5.56 Å². The summed E-state index contributed by atoms with van der Waals surface area (Å²) in [6, 6.07) is 6.43. The molecule has 0 heterocycles. The predicted molar refractivity (Wildman–Crippen MR) is 285 cm³/mol. The average Bonchev–Trinajstić information content (AvgIpc) is 3.40. The number of Topliss-reactive ketones (excluding diaryl/α,β-unsaturated/α-hetero) is 4. The van der Waals surface area contributed by atoms with Crippen LogP contribution in [0.1, 0.15) is 138 Å². The molecule has 10 N–H and O–H groups in total. The minimum absolute atomic E-state index is 0.00273. The van der Waals surface area contributed by atoms with Crippen LogP contribution in [0.3, 0.4) is 0 Å². The number of aryl methyl sites for hydroxylation is 1. The maximum Gasteiger partial charge on any atom is 0.372 e. The highest BCUT2D eigenvalue weighted by Crippen LogP contribution is 2.16. The number of carboxylic acids is 4. The van der Waals surface area contributed by atoms with Crippen LogP contribution >= 0.6 is 0 Å². The summed E-state index contributed by atoms with van der Waals surface area (Å²) in [5.74, 6) is -10.9. The van der Waals surface area contributed by atoms with Crippen molar-refractivity contribution in [2.75, 3.05) is 73.0 Å². The van der Waals surface area contributed by atoms with Crippen LogP contribution in [0, 0.1) is 24.7 Å². The van der Waals surface area contributed by atoms with E-state index < -0.39 is 77.0 Å². The van der Waals surface area contributed by atoms with E-state index in [9.17, 15) is 72.5 Å². The summed E-state index contributed by atoms with van der Waals surface area (Å²) >= 11 is 0. The molecule has 80 heavy (non-hydrogen) atoms. The van der Waals surface area contributed by atoms with Gasteiger partial charge in [-0.2, -0.15) is 0 Å². The van der Waals surface area contributed by atoms with Gasteiger partial charge in [-0.25, -0.2) is 4.79 Å². The van der Waals surface area contributed by atoms with Crippen molar-refractivity contribution in [3.05, 3.63) is 35.4 Å². The number of aliphatic carboxylic acids is 4. The number of primary amides is 1. The van der Waals surface area contributed by atoms with E-state index >= 15 is 0 Å². The molecule has 0 aromatic heterocycles. The Morgan fingerprint density at radius 2 is 1.07 bits per heavy atom. The number of nitrogens with two attached hydrogens (primary N) is 1. The van der Waals surface area contributed by atoms with Crippen molar-refractivity contribution in [1.82, 2.24) is 21.3 Å². The van der Waals surface area contributed by atoms with Crippen LogP contribution in [0.4, 0.5) is 0 Å². The number of benzene rings is 1. The van der Waals surface area contributed by atoms with Crippen molar-refractivity contribution >= 4 is 76.5 Å². The third-order valence-electron chi connectivity index (χ3n) is 12.0. The Hall–Kier alpha value is -7.03. The van der Waals surface area contributed by atoms with E-state index in [2.05, 4.69) is 21.3 Å². The highest BCUT2D eigenvalue weighted by Gasteiger charge is 2.24. The predicted octanol–water partition coefficient (Wildman–Crippen LogP) is 2.12. The second-order valence-corrected chi connectivity index (χ2v) is 18.8. The summed E-state index contributed by atoms with van der Waals surface area (Å²) in [4.78, 5) is 150. The number of ketones is 4. The van der Waals surface area contributed by atoms with Crippen molar-refractivity contribution in [2.45, 2.75) is 135 Å². The lowest BCUT2D eigenvalue weighted by molar-refractivity contribution is -0.149. The van der Waals surface area contributed by atoms with E-state index in [1.807, 2.05) is 19.1 Å². The van der Waals surface area contributed by atoms with Crippen LogP contribution in [-0.4, -0.2) is 176 Å². The first-order chi connectivity index (χ1) is 38.0. The Balaban J connectivity index is 0.00000157. The van der Waals surface area contributed by atoms with E-state index in [1.54, 1.807) is 19.1 Å². The molecule has 1 aromatic carbocycles. The average molecular weight is 1140 g/mol. The van der Waals surface area contributed by atoms with Gasteiger partial charge in [-0.3, -0.25) is 57.5 Å². The number of carbonyl (C=O) groups excluding carboxylic acids is 9. The Labute approximate surface area is 465 Å². The fourth-order valence-corrected chi connectivity index (χ4v) is 7.11. The van der Waals surface area contributed by atoms with Gasteiger partial charge >= 0.3 is 23.9 Å². The Morgan fingerprint density at radius 1 is 0.512 bits per heavy atom. The van der Waals surface area contributed by atoms with Gasteiger partial charge in [-0.15, -0.1) is 0 Å². The Kier molecular flexibility index (Phi) is 40.8. The quantitative estimate of drug-likeness (QED) is 0.0333. The van der Waals surface area contributed by atoms with E-state index in [1.165, 1.54) is 7.05 Å². The summed E-state index contributed by atoms with van der Waals surface area (Å²) in [6.07, 6.45) is 3.57. The number of rotatable bonds is 48. The maximum absolute atomic E-state index is 12.1. The lowest BCUT2D eigenvalue weighted by Gasteiger charge is -2.15. The zero-order valence-corrected chi connectivity index (χ0v) is 46.2. The summed E-state index contributed by atoms with van der Waals surface area (Å²) in [7, 11) is 1.44. The molecule has 1 aromatic rings. The van der Waals surface area contributed by atoms with Gasteiger partial charge in [0, 0.05) is 83.7 Å². The zero-order valence-electron chi connectivity index (χ0n) is 46.2. The second-order valence-electron chi connectivity index (χ2n) is 18.8. The van der Waals surface area contributed by atoms with Crippen LogP contribution in [-0.2, 0) is 76.5 Å². The number of amides is 5. The van der Waals surface area contributed by atoms with E-state index in [-0.39, 0.29) is 134 Å². The van der Waals surface area contributed by atoms with Gasteiger partial charge in [0.25, 0.3) is 5.91 Å². The van der Waals surface area contributed by atoms with Crippen molar-refractivity contribution < 1.29 is 102 Å². The Bertz CT molecular complexity index is 2140. The molecule has 0 unspecified atom stereocenters. The number of hydrogen-bond donors (Lipinski definition) is 9. The number of nitrogens with one attached hydrogen (secondary N) is 4. The zero-order chi connectivity index (χ0) is 60.3. The molecular weight excluding hydrogens is 1050 g/mol. The van der Waals surface area contributed by atoms with Gasteiger partial charge in [0.2, 0.25) is 29.4 Å². The minimum atomic E-state index is -1.49. The molecule has 1 rings (SSSR count). The molecule has 26 heteroatoms. The van der Waals surface area contributed by atoms with Gasteiger partial charge in [-0.05, 0) is 76.8 Å². The second kappa shape index (κ2) is 44.8. The van der Waals surface area contributed by atoms with Crippen LogP contribution < -0.4 is 27.0 Å². The molecule has 5 amide bonds. The van der Waals surface area contributed by atoms with Gasteiger partial charge < -0.3 is 66.4 Å².